The number of piperidine rings is 1. The van der Waals surface area contributed by atoms with Crippen LogP contribution in [0.2, 0.25) is 0 Å². The zero-order valence-corrected chi connectivity index (χ0v) is 14.9. The first kappa shape index (κ1) is 16.3. The Balaban J connectivity index is 1.40. The first-order valence-electron chi connectivity index (χ1n) is 8.73. The quantitative estimate of drug-likeness (QED) is 0.670. The summed E-state index contributed by atoms with van der Waals surface area (Å²) in [7, 11) is 0. The van der Waals surface area contributed by atoms with Crippen LogP contribution in [0, 0.1) is 0 Å². The highest BCUT2D eigenvalue weighted by molar-refractivity contribution is 7.09. The Morgan fingerprint density at radius 3 is 2.80 bits per heavy atom. The molecule has 0 aromatic carbocycles. The van der Waals surface area contributed by atoms with Crippen LogP contribution in [-0.4, -0.2) is 40.5 Å². The van der Waals surface area contributed by atoms with Gasteiger partial charge in [0.25, 0.3) is 0 Å². The smallest absolute Gasteiger partial charge is 0.201 e. The van der Waals surface area contributed by atoms with Crippen LogP contribution in [-0.2, 0) is 6.42 Å². The van der Waals surface area contributed by atoms with Gasteiger partial charge in [-0.1, -0.05) is 6.07 Å². The molecule has 0 radical (unpaired) electrons. The standard InChI is InChI=1S/C19H22N4OS/c1-4-19(24-13-1)23(18-15-20-8-9-21-18)16-5-10-22(11-6-16)12-7-17-3-2-14-25-17/h1-4,8-9,13-16H,5-7,10-12H2. The van der Waals surface area contributed by atoms with Gasteiger partial charge >= 0.3 is 0 Å². The van der Waals surface area contributed by atoms with Crippen LogP contribution in [0.5, 0.6) is 0 Å². The van der Waals surface area contributed by atoms with E-state index in [2.05, 4.69) is 37.3 Å². The van der Waals surface area contributed by atoms with Gasteiger partial charge < -0.3 is 9.32 Å². The average Bonchev–Trinajstić information content (AvgIpc) is 3.36. The third-order valence-corrected chi connectivity index (χ3v) is 5.65. The molecule has 5 nitrogen and oxygen atoms in total. The van der Waals surface area contributed by atoms with E-state index in [-0.39, 0.29) is 0 Å². The van der Waals surface area contributed by atoms with Crippen molar-refractivity contribution in [1.29, 1.82) is 0 Å². The van der Waals surface area contributed by atoms with Gasteiger partial charge in [-0.2, -0.15) is 0 Å². The summed E-state index contributed by atoms with van der Waals surface area (Å²) in [6.45, 7) is 3.35. The van der Waals surface area contributed by atoms with Crippen LogP contribution in [0.1, 0.15) is 17.7 Å². The summed E-state index contributed by atoms with van der Waals surface area (Å²) in [5.41, 5.74) is 0. The Bertz CT molecular complexity index is 737. The summed E-state index contributed by atoms with van der Waals surface area (Å²) in [5.74, 6) is 1.70. The van der Waals surface area contributed by atoms with Crippen molar-refractivity contribution >= 4 is 23.0 Å². The molecule has 3 aromatic rings. The Kier molecular flexibility index (Phi) is 5.09. The van der Waals surface area contributed by atoms with Gasteiger partial charge in [0.05, 0.1) is 12.5 Å². The molecule has 4 rings (SSSR count). The van der Waals surface area contributed by atoms with Gasteiger partial charge in [0, 0.05) is 49.0 Å². The van der Waals surface area contributed by atoms with Gasteiger partial charge in [0.2, 0.25) is 5.88 Å². The van der Waals surface area contributed by atoms with Crippen LogP contribution in [0.25, 0.3) is 0 Å². The topological polar surface area (TPSA) is 45.4 Å². The van der Waals surface area contributed by atoms with Crippen molar-refractivity contribution in [3.63, 3.8) is 0 Å². The summed E-state index contributed by atoms with van der Waals surface area (Å²) >= 11 is 1.85. The zero-order chi connectivity index (χ0) is 16.9. The van der Waals surface area contributed by atoms with Crippen molar-refractivity contribution in [2.24, 2.45) is 0 Å². The molecule has 1 fully saturated rings. The number of aromatic nitrogens is 2. The lowest BCUT2D eigenvalue weighted by atomic mass is 10.0. The van der Waals surface area contributed by atoms with Crippen molar-refractivity contribution in [1.82, 2.24) is 14.9 Å². The van der Waals surface area contributed by atoms with E-state index in [1.807, 2.05) is 29.7 Å². The van der Waals surface area contributed by atoms with E-state index in [9.17, 15) is 0 Å². The zero-order valence-electron chi connectivity index (χ0n) is 14.1. The minimum Gasteiger partial charge on any atom is -0.448 e. The molecule has 6 heteroatoms. The second-order valence-electron chi connectivity index (χ2n) is 6.29. The Morgan fingerprint density at radius 2 is 2.12 bits per heavy atom. The maximum absolute atomic E-state index is 5.67. The molecule has 1 saturated heterocycles. The Morgan fingerprint density at radius 1 is 1.20 bits per heavy atom. The molecule has 0 N–H and O–H groups in total. The van der Waals surface area contributed by atoms with E-state index in [1.165, 1.54) is 4.88 Å². The van der Waals surface area contributed by atoms with Gasteiger partial charge in [-0.05, 0) is 36.8 Å². The monoisotopic (exact) mass is 354 g/mol. The second-order valence-corrected chi connectivity index (χ2v) is 7.32. The molecule has 3 aromatic heterocycles. The molecular weight excluding hydrogens is 332 g/mol. The van der Waals surface area contributed by atoms with Crippen molar-refractivity contribution in [3.05, 3.63) is 59.4 Å². The predicted octanol–water partition coefficient (Wildman–Crippen LogP) is 3.98. The molecule has 4 heterocycles. The van der Waals surface area contributed by atoms with Gasteiger partial charge in [0.15, 0.2) is 5.82 Å². The molecule has 0 spiro atoms. The summed E-state index contributed by atoms with van der Waals surface area (Å²) in [6, 6.07) is 8.67. The van der Waals surface area contributed by atoms with E-state index in [4.69, 9.17) is 4.42 Å². The van der Waals surface area contributed by atoms with Crippen molar-refractivity contribution in [2.75, 3.05) is 24.5 Å². The number of likely N-dealkylation sites (tertiary alicyclic amines) is 1. The lowest BCUT2D eigenvalue weighted by molar-refractivity contribution is 0.213. The lowest BCUT2D eigenvalue weighted by Crippen LogP contribution is -2.43. The summed E-state index contributed by atoms with van der Waals surface area (Å²) in [5, 5.41) is 2.16. The van der Waals surface area contributed by atoms with Gasteiger partial charge in [0.1, 0.15) is 0 Å². The number of anilines is 2. The van der Waals surface area contributed by atoms with E-state index in [1.54, 1.807) is 18.7 Å². The molecule has 0 bridgehead atoms. The number of furan rings is 1. The predicted molar refractivity (Wildman–Crippen MR) is 100 cm³/mol. The van der Waals surface area contributed by atoms with Crippen molar-refractivity contribution in [3.8, 4) is 0 Å². The van der Waals surface area contributed by atoms with Gasteiger partial charge in [-0.15, -0.1) is 11.3 Å². The number of nitrogens with zero attached hydrogens (tertiary/aromatic N) is 4. The molecule has 1 aliphatic rings. The summed E-state index contributed by atoms with van der Waals surface area (Å²) in [6.07, 6.45) is 10.3. The van der Waals surface area contributed by atoms with Crippen LogP contribution in [0.15, 0.2) is 58.9 Å². The molecule has 0 amide bonds. The first-order valence-corrected chi connectivity index (χ1v) is 9.61. The minimum atomic E-state index is 0.390. The fraction of sp³-hybridized carbons (Fsp3) is 0.368. The first-order chi connectivity index (χ1) is 12.4. The third kappa shape index (κ3) is 3.91. The maximum atomic E-state index is 5.67. The molecule has 0 atom stereocenters. The van der Waals surface area contributed by atoms with E-state index in [0.717, 1.165) is 50.6 Å². The van der Waals surface area contributed by atoms with Crippen LogP contribution < -0.4 is 4.90 Å². The van der Waals surface area contributed by atoms with E-state index < -0.39 is 0 Å². The SMILES string of the molecule is c1coc(N(c2cnccn2)C2CCN(CCc3cccs3)CC2)c1. The fourth-order valence-corrected chi connectivity index (χ4v) is 4.12. The Hall–Kier alpha value is -2.18. The maximum Gasteiger partial charge on any atom is 0.201 e. The van der Waals surface area contributed by atoms with Crippen LogP contribution in [0.3, 0.4) is 0 Å². The van der Waals surface area contributed by atoms with Gasteiger partial charge in [-0.3, -0.25) is 9.88 Å². The largest absolute Gasteiger partial charge is 0.448 e. The van der Waals surface area contributed by atoms with Crippen molar-refractivity contribution in [2.45, 2.75) is 25.3 Å². The van der Waals surface area contributed by atoms with Crippen LogP contribution in [0.4, 0.5) is 11.7 Å². The number of hydrogen-bond donors (Lipinski definition) is 0. The normalized spacial score (nSPS) is 16.2. The highest BCUT2D eigenvalue weighted by atomic mass is 32.1. The lowest BCUT2D eigenvalue weighted by Gasteiger charge is -2.37. The molecule has 0 saturated carbocycles. The van der Waals surface area contributed by atoms with Gasteiger partial charge in [-0.25, -0.2) is 4.98 Å². The fourth-order valence-electron chi connectivity index (χ4n) is 3.43. The molecular formula is C19H22N4OS. The highest BCUT2D eigenvalue weighted by Gasteiger charge is 2.28. The number of rotatable bonds is 6. The third-order valence-electron chi connectivity index (χ3n) is 4.72. The summed E-state index contributed by atoms with van der Waals surface area (Å²) in [4.78, 5) is 15.0. The average molecular weight is 354 g/mol. The summed E-state index contributed by atoms with van der Waals surface area (Å²) < 4.78 is 5.67. The molecule has 0 unspecified atom stereocenters. The van der Waals surface area contributed by atoms with Crippen LogP contribution >= 0.6 is 11.3 Å². The molecule has 130 valence electrons. The molecule has 0 aliphatic carbocycles. The minimum absolute atomic E-state index is 0.390. The molecule has 1 aliphatic heterocycles. The van der Waals surface area contributed by atoms with Crippen molar-refractivity contribution < 1.29 is 4.42 Å². The Labute approximate surface area is 151 Å². The second kappa shape index (κ2) is 7.80. The number of hydrogen-bond acceptors (Lipinski definition) is 6. The van der Waals surface area contributed by atoms with E-state index in [0.29, 0.717) is 6.04 Å². The highest BCUT2D eigenvalue weighted by Crippen LogP contribution is 2.30. The molecule has 25 heavy (non-hydrogen) atoms. The van der Waals surface area contributed by atoms with E-state index >= 15 is 0 Å². The number of thiophene rings is 1.